The summed E-state index contributed by atoms with van der Waals surface area (Å²) in [7, 11) is 2.67. The number of ether oxygens (including phenoxy) is 2. The zero-order chi connectivity index (χ0) is 21.8. The lowest BCUT2D eigenvalue weighted by molar-refractivity contribution is 0.0561. The largest absolute Gasteiger partial charge is 0.465 e. The van der Waals surface area contributed by atoms with Gasteiger partial charge in [0.25, 0.3) is 0 Å². The summed E-state index contributed by atoms with van der Waals surface area (Å²) in [5.74, 6) is -0.0734. The van der Waals surface area contributed by atoms with Gasteiger partial charge >= 0.3 is 11.9 Å². The zero-order valence-electron chi connectivity index (χ0n) is 17.1. The molecule has 0 radical (unpaired) electrons. The quantitative estimate of drug-likeness (QED) is 0.339. The first-order valence-electron chi connectivity index (χ1n) is 9.56. The number of methoxy groups -OCH3 is 2. The van der Waals surface area contributed by atoms with Crippen molar-refractivity contribution in [2.75, 3.05) is 14.2 Å². The number of esters is 2. The second kappa shape index (κ2) is 8.71. The van der Waals surface area contributed by atoms with Gasteiger partial charge in [-0.1, -0.05) is 18.2 Å². The summed E-state index contributed by atoms with van der Waals surface area (Å²) in [5.41, 5.74) is 3.15. The predicted octanol–water partition coefficient (Wildman–Crippen LogP) is 4.61. The fraction of sp³-hybridized carbons (Fsp3) is 0.125. The van der Waals surface area contributed by atoms with Crippen molar-refractivity contribution in [1.82, 2.24) is 4.57 Å². The maximum atomic E-state index is 11.6. The van der Waals surface area contributed by atoms with Gasteiger partial charge in [-0.3, -0.25) is 4.99 Å². The maximum absolute atomic E-state index is 11.6. The third-order valence-corrected chi connectivity index (χ3v) is 4.83. The first-order valence-corrected chi connectivity index (χ1v) is 9.56. The number of rotatable bonds is 6. The molecule has 4 rings (SSSR count). The molecule has 0 aliphatic heterocycles. The van der Waals surface area contributed by atoms with Gasteiger partial charge in [0.2, 0.25) is 5.76 Å². The summed E-state index contributed by atoms with van der Waals surface area (Å²) in [6.07, 6.45) is 3.77. The van der Waals surface area contributed by atoms with Gasteiger partial charge in [0.15, 0.2) is 0 Å². The van der Waals surface area contributed by atoms with Crippen LogP contribution in [0.5, 0.6) is 0 Å². The number of furan rings is 1. The molecule has 0 saturated heterocycles. The van der Waals surface area contributed by atoms with Gasteiger partial charge in [-0.2, -0.15) is 0 Å². The van der Waals surface area contributed by atoms with E-state index in [1.807, 2.05) is 35.0 Å². The molecule has 156 valence electrons. The highest BCUT2D eigenvalue weighted by Crippen LogP contribution is 2.23. The third kappa shape index (κ3) is 4.25. The highest BCUT2D eigenvalue weighted by molar-refractivity contribution is 6.00. The predicted molar refractivity (Wildman–Crippen MR) is 116 cm³/mol. The summed E-state index contributed by atoms with van der Waals surface area (Å²) >= 11 is 0. The Kier molecular flexibility index (Phi) is 5.66. The van der Waals surface area contributed by atoms with Crippen molar-refractivity contribution >= 4 is 34.7 Å². The lowest BCUT2D eigenvalue weighted by atomic mass is 10.2. The van der Waals surface area contributed by atoms with Crippen molar-refractivity contribution in [3.8, 4) is 0 Å². The van der Waals surface area contributed by atoms with Crippen LogP contribution < -0.4 is 0 Å². The summed E-state index contributed by atoms with van der Waals surface area (Å²) in [6.45, 7) is 0.458. The summed E-state index contributed by atoms with van der Waals surface area (Å²) in [5, 5.41) is 1.04. The van der Waals surface area contributed by atoms with E-state index in [0.717, 1.165) is 22.2 Å². The second-order valence-electron chi connectivity index (χ2n) is 6.78. The van der Waals surface area contributed by atoms with Crippen LogP contribution in [0.25, 0.3) is 10.9 Å². The Hall–Kier alpha value is -4.13. The average molecular weight is 416 g/mol. The molecule has 0 spiro atoms. The number of nitrogens with zero attached hydrogens (tertiary/aromatic N) is 2. The fourth-order valence-corrected chi connectivity index (χ4v) is 3.30. The number of fused-ring (bicyclic) bond motifs is 1. The SMILES string of the molecule is COC(=O)c1ccc(N=Cc2cn(Cc3ccc(C(=O)OC)o3)c3ccccc23)cc1. The smallest absolute Gasteiger partial charge is 0.373 e. The molecule has 0 aliphatic carbocycles. The van der Waals surface area contributed by atoms with Crippen LogP contribution in [-0.2, 0) is 16.0 Å². The van der Waals surface area contributed by atoms with E-state index in [1.165, 1.54) is 14.2 Å². The molecule has 0 fully saturated rings. The van der Waals surface area contributed by atoms with E-state index in [9.17, 15) is 9.59 Å². The Morgan fingerprint density at radius 1 is 0.968 bits per heavy atom. The lowest BCUT2D eigenvalue weighted by Gasteiger charge is -2.02. The monoisotopic (exact) mass is 416 g/mol. The summed E-state index contributed by atoms with van der Waals surface area (Å²) in [4.78, 5) is 27.7. The fourth-order valence-electron chi connectivity index (χ4n) is 3.30. The van der Waals surface area contributed by atoms with Crippen molar-refractivity contribution < 1.29 is 23.5 Å². The van der Waals surface area contributed by atoms with Gasteiger partial charge in [-0.15, -0.1) is 0 Å². The lowest BCUT2D eigenvalue weighted by Crippen LogP contribution is -1.99. The van der Waals surface area contributed by atoms with Gasteiger partial charge in [-0.05, 0) is 42.5 Å². The number of carbonyl (C=O) groups is 2. The number of carbonyl (C=O) groups excluding carboxylic acids is 2. The zero-order valence-corrected chi connectivity index (χ0v) is 17.1. The van der Waals surface area contributed by atoms with Crippen molar-refractivity contribution in [1.29, 1.82) is 0 Å². The van der Waals surface area contributed by atoms with Crippen molar-refractivity contribution in [2.24, 2.45) is 4.99 Å². The number of hydrogen-bond acceptors (Lipinski definition) is 6. The molecule has 0 saturated carbocycles. The Morgan fingerprint density at radius 2 is 1.71 bits per heavy atom. The molecule has 2 heterocycles. The van der Waals surface area contributed by atoms with Crippen molar-refractivity contribution in [2.45, 2.75) is 6.54 Å². The van der Waals surface area contributed by atoms with E-state index in [0.29, 0.717) is 17.9 Å². The van der Waals surface area contributed by atoms with Crippen molar-refractivity contribution in [3.63, 3.8) is 0 Å². The molecule has 0 bridgehead atoms. The van der Waals surface area contributed by atoms with Crippen LogP contribution >= 0.6 is 0 Å². The standard InChI is InChI=1S/C24H20N2O5/c1-29-23(27)16-7-9-18(10-8-16)25-13-17-14-26(21-6-4-3-5-20(17)21)15-19-11-12-22(31-19)24(28)30-2/h3-14H,15H2,1-2H3. The minimum absolute atomic E-state index is 0.172. The van der Waals surface area contributed by atoms with Crippen LogP contribution in [-0.4, -0.2) is 36.9 Å². The van der Waals surface area contributed by atoms with Crippen LogP contribution in [0.2, 0.25) is 0 Å². The van der Waals surface area contributed by atoms with E-state index in [-0.39, 0.29) is 11.7 Å². The van der Waals surface area contributed by atoms with Crippen LogP contribution in [0.1, 0.15) is 32.2 Å². The van der Waals surface area contributed by atoms with Crippen molar-refractivity contribution in [3.05, 3.63) is 89.5 Å². The number of aliphatic imine (C=N–C) groups is 1. The van der Waals surface area contributed by atoms with Gasteiger partial charge in [0.1, 0.15) is 5.76 Å². The van der Waals surface area contributed by atoms with Crippen LogP contribution in [0.4, 0.5) is 5.69 Å². The molecular formula is C24H20N2O5. The van der Waals surface area contributed by atoms with Gasteiger partial charge in [0.05, 0.1) is 32.0 Å². The topological polar surface area (TPSA) is 83.0 Å². The van der Waals surface area contributed by atoms with Crippen LogP contribution in [0.3, 0.4) is 0 Å². The van der Waals surface area contributed by atoms with Gasteiger partial charge in [0, 0.05) is 28.9 Å². The molecule has 0 amide bonds. The van der Waals surface area contributed by atoms with E-state index in [1.54, 1.807) is 42.6 Å². The number of para-hydroxylation sites is 1. The van der Waals surface area contributed by atoms with E-state index in [4.69, 9.17) is 13.9 Å². The molecule has 2 aromatic heterocycles. The number of aromatic nitrogens is 1. The molecule has 0 unspecified atom stereocenters. The molecule has 2 aromatic carbocycles. The van der Waals surface area contributed by atoms with E-state index >= 15 is 0 Å². The molecule has 0 aliphatic rings. The molecule has 0 atom stereocenters. The first-order chi connectivity index (χ1) is 15.1. The highest BCUT2D eigenvalue weighted by atomic mass is 16.5. The Morgan fingerprint density at radius 3 is 2.45 bits per heavy atom. The minimum atomic E-state index is -0.505. The van der Waals surface area contributed by atoms with Gasteiger partial charge < -0.3 is 18.5 Å². The molecule has 0 N–H and O–H groups in total. The van der Waals surface area contributed by atoms with Crippen LogP contribution in [0, 0.1) is 0 Å². The maximum Gasteiger partial charge on any atom is 0.373 e. The van der Waals surface area contributed by atoms with E-state index < -0.39 is 5.97 Å². The molecule has 4 aromatic rings. The summed E-state index contributed by atoms with van der Waals surface area (Å²) in [6, 6.07) is 18.2. The summed E-state index contributed by atoms with van der Waals surface area (Å²) < 4.78 is 17.0. The third-order valence-electron chi connectivity index (χ3n) is 4.83. The molecular weight excluding hydrogens is 396 g/mol. The Bertz CT molecular complexity index is 1260. The highest BCUT2D eigenvalue weighted by Gasteiger charge is 2.13. The Balaban J connectivity index is 1.60. The van der Waals surface area contributed by atoms with E-state index in [2.05, 4.69) is 4.99 Å². The first kappa shape index (κ1) is 20.2. The average Bonchev–Trinajstić information content (AvgIpc) is 3.42. The normalized spacial score (nSPS) is 11.2. The number of hydrogen-bond donors (Lipinski definition) is 0. The van der Waals surface area contributed by atoms with Gasteiger partial charge in [-0.25, -0.2) is 9.59 Å². The molecule has 7 nitrogen and oxygen atoms in total. The molecule has 31 heavy (non-hydrogen) atoms. The minimum Gasteiger partial charge on any atom is -0.465 e. The second-order valence-corrected chi connectivity index (χ2v) is 6.78. The number of benzene rings is 2. The molecule has 7 heteroatoms. The van der Waals surface area contributed by atoms with Crippen LogP contribution in [0.15, 0.2) is 76.3 Å². The Labute approximate surface area is 178 Å².